The summed E-state index contributed by atoms with van der Waals surface area (Å²) in [5.41, 5.74) is 0.327. The second-order valence-electron chi connectivity index (χ2n) is 3.79. The van der Waals surface area contributed by atoms with Crippen LogP contribution < -0.4 is 0 Å². The molecule has 90 valence electrons. The minimum Gasteiger partial charge on any atom is -0.435 e. The molecule has 0 spiro atoms. The summed E-state index contributed by atoms with van der Waals surface area (Å²) in [4.78, 5) is 24.0. The van der Waals surface area contributed by atoms with Crippen molar-refractivity contribution in [2.24, 2.45) is 0 Å². The van der Waals surface area contributed by atoms with Gasteiger partial charge < -0.3 is 14.4 Å². The van der Waals surface area contributed by atoms with E-state index < -0.39 is 5.97 Å². The van der Waals surface area contributed by atoms with E-state index in [-0.39, 0.29) is 18.9 Å². The van der Waals surface area contributed by atoms with Gasteiger partial charge in [-0.25, -0.2) is 4.79 Å². The van der Waals surface area contributed by atoms with Crippen LogP contribution in [-0.2, 0) is 19.1 Å². The highest BCUT2D eigenvalue weighted by atomic mass is 16.7. The van der Waals surface area contributed by atoms with E-state index in [1.807, 2.05) is 0 Å². The Kier molecular flexibility index (Phi) is 4.49. The summed E-state index contributed by atoms with van der Waals surface area (Å²) in [5.74, 6) is -0.404. The van der Waals surface area contributed by atoms with E-state index in [4.69, 9.17) is 9.47 Å². The molecule has 1 amide bonds. The van der Waals surface area contributed by atoms with Crippen LogP contribution >= 0.6 is 0 Å². The van der Waals surface area contributed by atoms with Gasteiger partial charge in [0, 0.05) is 18.5 Å². The first-order chi connectivity index (χ1) is 7.52. The Bertz CT molecular complexity index is 300. The molecule has 5 heteroatoms. The lowest BCUT2D eigenvalue weighted by Gasteiger charge is -2.23. The minimum atomic E-state index is -0.486. The molecule has 1 fully saturated rings. The molecule has 1 aliphatic rings. The molecule has 0 aromatic rings. The number of rotatable bonds is 5. The van der Waals surface area contributed by atoms with Crippen LogP contribution in [0, 0.1) is 0 Å². The largest absolute Gasteiger partial charge is 0.435 e. The van der Waals surface area contributed by atoms with Crippen LogP contribution in [0.25, 0.3) is 0 Å². The molecule has 0 aliphatic carbocycles. The first-order valence-electron chi connectivity index (χ1n) is 5.26. The Morgan fingerprint density at radius 2 is 2.31 bits per heavy atom. The van der Waals surface area contributed by atoms with Gasteiger partial charge in [-0.1, -0.05) is 6.58 Å². The monoisotopic (exact) mass is 227 g/mol. The second kappa shape index (κ2) is 5.65. The summed E-state index contributed by atoms with van der Waals surface area (Å²) in [6.07, 6.45) is 1.07. The van der Waals surface area contributed by atoms with E-state index in [0.29, 0.717) is 18.5 Å². The summed E-state index contributed by atoms with van der Waals surface area (Å²) < 4.78 is 10.0. The normalized spacial score (nSPS) is 17.4. The van der Waals surface area contributed by atoms with Crippen LogP contribution in [0.3, 0.4) is 0 Å². The molecule has 1 aliphatic heterocycles. The fraction of sp³-hybridized carbons (Fsp3) is 0.636. The quantitative estimate of drug-likeness (QED) is 0.400. The third kappa shape index (κ3) is 3.34. The summed E-state index contributed by atoms with van der Waals surface area (Å²) in [5, 5.41) is 0. The van der Waals surface area contributed by atoms with Gasteiger partial charge in [-0.3, -0.25) is 4.79 Å². The Morgan fingerprint density at radius 3 is 2.81 bits per heavy atom. The molecule has 1 heterocycles. The van der Waals surface area contributed by atoms with Crippen molar-refractivity contribution in [1.82, 2.24) is 4.90 Å². The molecule has 5 nitrogen and oxygen atoms in total. The highest BCUT2D eigenvalue weighted by Crippen LogP contribution is 2.14. The first-order valence-corrected chi connectivity index (χ1v) is 5.26. The molecule has 0 aromatic carbocycles. The van der Waals surface area contributed by atoms with Crippen molar-refractivity contribution in [3.05, 3.63) is 12.2 Å². The zero-order valence-electron chi connectivity index (χ0n) is 9.69. The lowest BCUT2D eigenvalue weighted by molar-refractivity contribution is -0.168. The maximum atomic E-state index is 11.3. The Hall–Kier alpha value is -1.36. The van der Waals surface area contributed by atoms with Crippen LogP contribution in [-0.4, -0.2) is 36.3 Å². The number of amides is 1. The third-order valence-electron chi connectivity index (χ3n) is 2.40. The van der Waals surface area contributed by atoms with E-state index in [0.717, 1.165) is 6.42 Å². The zero-order chi connectivity index (χ0) is 12.1. The number of carbonyl (C=O) groups excluding carboxylic acids is 2. The zero-order valence-corrected chi connectivity index (χ0v) is 9.69. The van der Waals surface area contributed by atoms with Crippen LogP contribution in [0.15, 0.2) is 12.2 Å². The van der Waals surface area contributed by atoms with Gasteiger partial charge >= 0.3 is 5.97 Å². The van der Waals surface area contributed by atoms with Gasteiger partial charge in [0.25, 0.3) is 0 Å². The summed E-state index contributed by atoms with van der Waals surface area (Å²) >= 11 is 0. The fourth-order valence-electron chi connectivity index (χ4n) is 1.45. The SMILES string of the molecule is C=C(C)C(=O)OCOC(C)N1CCCC1=O. The van der Waals surface area contributed by atoms with Gasteiger partial charge in [0.2, 0.25) is 5.91 Å². The molecule has 1 saturated heterocycles. The lowest BCUT2D eigenvalue weighted by atomic mass is 10.4. The average molecular weight is 227 g/mol. The van der Waals surface area contributed by atoms with Gasteiger partial charge in [0.05, 0.1) is 0 Å². The molecule has 0 N–H and O–H groups in total. The minimum absolute atomic E-state index is 0.0822. The lowest BCUT2D eigenvalue weighted by Crippen LogP contribution is -2.36. The van der Waals surface area contributed by atoms with Crippen LogP contribution in [0.2, 0.25) is 0 Å². The summed E-state index contributed by atoms with van der Waals surface area (Å²) in [7, 11) is 0. The number of ether oxygens (including phenoxy) is 2. The number of esters is 1. The van der Waals surface area contributed by atoms with Crippen LogP contribution in [0.5, 0.6) is 0 Å². The van der Waals surface area contributed by atoms with Crippen molar-refractivity contribution in [3.8, 4) is 0 Å². The molecule has 0 bridgehead atoms. The molecule has 0 radical (unpaired) electrons. The van der Waals surface area contributed by atoms with Crippen molar-refractivity contribution in [3.63, 3.8) is 0 Å². The van der Waals surface area contributed by atoms with E-state index >= 15 is 0 Å². The van der Waals surface area contributed by atoms with Crippen molar-refractivity contribution in [2.45, 2.75) is 32.9 Å². The Labute approximate surface area is 95.0 Å². The molecule has 1 rings (SSSR count). The Morgan fingerprint density at radius 1 is 1.62 bits per heavy atom. The Balaban J connectivity index is 2.25. The van der Waals surface area contributed by atoms with Crippen molar-refractivity contribution < 1.29 is 19.1 Å². The number of likely N-dealkylation sites (tertiary alicyclic amines) is 1. The predicted molar refractivity (Wildman–Crippen MR) is 57.3 cm³/mol. The van der Waals surface area contributed by atoms with Gasteiger partial charge in [-0.2, -0.15) is 0 Å². The van der Waals surface area contributed by atoms with Crippen LogP contribution in [0.4, 0.5) is 0 Å². The van der Waals surface area contributed by atoms with Crippen molar-refractivity contribution in [2.75, 3.05) is 13.3 Å². The van der Waals surface area contributed by atoms with E-state index in [9.17, 15) is 9.59 Å². The van der Waals surface area contributed by atoms with Crippen molar-refractivity contribution in [1.29, 1.82) is 0 Å². The average Bonchev–Trinajstić information content (AvgIpc) is 2.64. The molecule has 0 aromatic heterocycles. The number of hydrogen-bond acceptors (Lipinski definition) is 4. The number of nitrogens with zero attached hydrogens (tertiary/aromatic N) is 1. The molecule has 1 atom stereocenters. The second-order valence-corrected chi connectivity index (χ2v) is 3.79. The number of hydrogen-bond donors (Lipinski definition) is 0. The van der Waals surface area contributed by atoms with Gasteiger partial charge in [-0.15, -0.1) is 0 Å². The molecule has 16 heavy (non-hydrogen) atoms. The van der Waals surface area contributed by atoms with Gasteiger partial charge in [0.15, 0.2) is 6.79 Å². The summed E-state index contributed by atoms with van der Waals surface area (Å²) in [6, 6.07) is 0. The van der Waals surface area contributed by atoms with Crippen LogP contribution in [0.1, 0.15) is 26.7 Å². The smallest absolute Gasteiger partial charge is 0.335 e. The molecular formula is C11H17NO4. The topological polar surface area (TPSA) is 55.8 Å². The van der Waals surface area contributed by atoms with E-state index in [1.54, 1.807) is 18.7 Å². The molecule has 0 saturated carbocycles. The van der Waals surface area contributed by atoms with Gasteiger partial charge in [-0.05, 0) is 20.3 Å². The van der Waals surface area contributed by atoms with Crippen molar-refractivity contribution >= 4 is 11.9 Å². The molecule has 1 unspecified atom stereocenters. The first kappa shape index (κ1) is 12.7. The maximum absolute atomic E-state index is 11.3. The molecular weight excluding hydrogens is 210 g/mol. The summed E-state index contributed by atoms with van der Waals surface area (Å²) in [6.45, 7) is 7.32. The maximum Gasteiger partial charge on any atom is 0.335 e. The fourth-order valence-corrected chi connectivity index (χ4v) is 1.45. The van der Waals surface area contributed by atoms with E-state index in [2.05, 4.69) is 6.58 Å². The van der Waals surface area contributed by atoms with E-state index in [1.165, 1.54) is 0 Å². The highest BCUT2D eigenvalue weighted by molar-refractivity contribution is 5.86. The standard InChI is InChI=1S/C11H17NO4/c1-8(2)11(14)16-7-15-9(3)12-6-4-5-10(12)13/h9H,1,4-7H2,2-3H3. The predicted octanol–water partition coefficient (Wildman–Crippen LogP) is 1.05. The third-order valence-corrected chi connectivity index (χ3v) is 2.40. The highest BCUT2D eigenvalue weighted by Gasteiger charge is 2.25. The van der Waals surface area contributed by atoms with Gasteiger partial charge in [0.1, 0.15) is 6.23 Å². The number of carbonyl (C=O) groups is 2.